The van der Waals surface area contributed by atoms with E-state index in [4.69, 9.17) is 0 Å². The van der Waals surface area contributed by atoms with Gasteiger partial charge >= 0.3 is 0 Å². The summed E-state index contributed by atoms with van der Waals surface area (Å²) in [6.45, 7) is 9.71. The molecule has 0 saturated heterocycles. The van der Waals surface area contributed by atoms with E-state index >= 15 is 0 Å². The Labute approximate surface area is 126 Å². The van der Waals surface area contributed by atoms with Crippen LogP contribution in [0.5, 0.6) is 0 Å². The Balaban J connectivity index is 1.87. The van der Waals surface area contributed by atoms with E-state index in [1.807, 2.05) is 11.3 Å². The Bertz CT molecular complexity index is 507. The lowest BCUT2D eigenvalue weighted by molar-refractivity contribution is 0.578. The minimum atomic E-state index is 0.436. The standard InChI is InChI=1S/C17H24N2S/c1-4-19(16-9-6-5-8-14(16)2)12-11-18-15(3)17-10-7-13-20-17/h5-10,13,15,18H,4,11-12H2,1-3H3. The first kappa shape index (κ1) is 15.1. The smallest absolute Gasteiger partial charge is 0.0396 e. The molecule has 108 valence electrons. The first-order valence-corrected chi connectivity index (χ1v) is 8.17. The van der Waals surface area contributed by atoms with Gasteiger partial charge in [-0.25, -0.2) is 0 Å². The van der Waals surface area contributed by atoms with E-state index in [-0.39, 0.29) is 0 Å². The highest BCUT2D eigenvalue weighted by molar-refractivity contribution is 7.10. The van der Waals surface area contributed by atoms with Crippen LogP contribution in [0, 0.1) is 6.92 Å². The maximum absolute atomic E-state index is 3.61. The molecule has 2 nitrogen and oxygen atoms in total. The zero-order valence-electron chi connectivity index (χ0n) is 12.6. The Kier molecular flexibility index (Phi) is 5.62. The molecule has 1 N–H and O–H groups in total. The summed E-state index contributed by atoms with van der Waals surface area (Å²) in [7, 11) is 0. The molecule has 3 heteroatoms. The Morgan fingerprint density at radius 3 is 2.65 bits per heavy atom. The molecule has 2 aromatic rings. The van der Waals surface area contributed by atoms with Crippen LogP contribution in [0.15, 0.2) is 41.8 Å². The second-order valence-corrected chi connectivity index (χ2v) is 6.04. The Morgan fingerprint density at radius 2 is 2.00 bits per heavy atom. The van der Waals surface area contributed by atoms with Crippen molar-refractivity contribution in [1.29, 1.82) is 0 Å². The van der Waals surface area contributed by atoms with E-state index in [9.17, 15) is 0 Å². The van der Waals surface area contributed by atoms with Crippen LogP contribution in [-0.2, 0) is 0 Å². The van der Waals surface area contributed by atoms with Gasteiger partial charge in [-0.15, -0.1) is 11.3 Å². The van der Waals surface area contributed by atoms with Crippen molar-refractivity contribution in [3.05, 3.63) is 52.2 Å². The van der Waals surface area contributed by atoms with Crippen LogP contribution in [0.3, 0.4) is 0 Å². The van der Waals surface area contributed by atoms with Gasteiger partial charge in [0.2, 0.25) is 0 Å². The lowest BCUT2D eigenvalue weighted by atomic mass is 10.2. The summed E-state index contributed by atoms with van der Waals surface area (Å²) < 4.78 is 0. The fourth-order valence-electron chi connectivity index (χ4n) is 2.42. The van der Waals surface area contributed by atoms with Crippen LogP contribution in [0.1, 0.15) is 30.3 Å². The number of anilines is 1. The number of hydrogen-bond acceptors (Lipinski definition) is 3. The first-order chi connectivity index (χ1) is 9.72. The van der Waals surface area contributed by atoms with Crippen molar-refractivity contribution >= 4 is 17.0 Å². The molecule has 0 spiro atoms. The zero-order valence-corrected chi connectivity index (χ0v) is 13.4. The second kappa shape index (κ2) is 7.46. The van der Waals surface area contributed by atoms with Crippen molar-refractivity contribution in [3.8, 4) is 0 Å². The van der Waals surface area contributed by atoms with Gasteiger partial charge in [0.15, 0.2) is 0 Å². The molecule has 1 unspecified atom stereocenters. The van der Waals surface area contributed by atoms with Crippen LogP contribution in [0.2, 0.25) is 0 Å². The molecule has 0 aliphatic carbocycles. The van der Waals surface area contributed by atoms with Crippen LogP contribution in [0.4, 0.5) is 5.69 Å². The molecule has 20 heavy (non-hydrogen) atoms. The van der Waals surface area contributed by atoms with Crippen LogP contribution >= 0.6 is 11.3 Å². The Morgan fingerprint density at radius 1 is 1.20 bits per heavy atom. The van der Waals surface area contributed by atoms with Crippen molar-refractivity contribution in [2.75, 3.05) is 24.5 Å². The van der Waals surface area contributed by atoms with Crippen LogP contribution in [-0.4, -0.2) is 19.6 Å². The average molecular weight is 288 g/mol. The highest BCUT2D eigenvalue weighted by Crippen LogP contribution is 2.20. The number of hydrogen-bond donors (Lipinski definition) is 1. The molecule has 0 fully saturated rings. The molecule has 0 aliphatic rings. The van der Waals surface area contributed by atoms with E-state index in [1.54, 1.807) is 0 Å². The number of thiophene rings is 1. The van der Waals surface area contributed by atoms with Crippen molar-refractivity contribution in [3.63, 3.8) is 0 Å². The zero-order chi connectivity index (χ0) is 14.4. The van der Waals surface area contributed by atoms with Gasteiger partial charge in [0.05, 0.1) is 0 Å². The summed E-state index contributed by atoms with van der Waals surface area (Å²) in [4.78, 5) is 3.84. The number of likely N-dealkylation sites (N-methyl/N-ethyl adjacent to an activating group) is 1. The molecule has 0 saturated carbocycles. The number of aryl methyl sites for hydroxylation is 1. The van der Waals surface area contributed by atoms with Gasteiger partial charge in [-0.2, -0.15) is 0 Å². The van der Waals surface area contributed by atoms with Gasteiger partial charge in [-0.1, -0.05) is 24.3 Å². The summed E-state index contributed by atoms with van der Waals surface area (Å²) in [6, 6.07) is 13.4. The lowest BCUT2D eigenvalue weighted by Crippen LogP contribution is -2.33. The summed E-state index contributed by atoms with van der Waals surface area (Å²) >= 11 is 1.82. The fraction of sp³-hybridized carbons (Fsp3) is 0.412. The van der Waals surface area contributed by atoms with Crippen molar-refractivity contribution in [1.82, 2.24) is 5.32 Å². The van der Waals surface area contributed by atoms with Gasteiger partial charge in [0, 0.05) is 36.2 Å². The molecule has 0 aliphatic heterocycles. The van der Waals surface area contributed by atoms with Crippen molar-refractivity contribution in [2.45, 2.75) is 26.8 Å². The van der Waals surface area contributed by atoms with E-state index in [1.165, 1.54) is 16.1 Å². The van der Waals surface area contributed by atoms with E-state index in [2.05, 4.69) is 72.8 Å². The minimum Gasteiger partial charge on any atom is -0.370 e. The second-order valence-electron chi connectivity index (χ2n) is 5.06. The molecule has 1 aromatic heterocycles. The molecule has 1 atom stereocenters. The summed E-state index contributed by atoms with van der Waals surface area (Å²) in [5.41, 5.74) is 2.70. The highest BCUT2D eigenvalue weighted by Gasteiger charge is 2.08. The molecule has 2 rings (SSSR count). The summed E-state index contributed by atoms with van der Waals surface area (Å²) in [5.74, 6) is 0. The van der Waals surface area contributed by atoms with Crippen molar-refractivity contribution < 1.29 is 0 Å². The minimum absolute atomic E-state index is 0.436. The lowest BCUT2D eigenvalue weighted by Gasteiger charge is -2.26. The monoisotopic (exact) mass is 288 g/mol. The van der Waals surface area contributed by atoms with Crippen LogP contribution in [0.25, 0.3) is 0 Å². The fourth-order valence-corrected chi connectivity index (χ4v) is 3.18. The van der Waals surface area contributed by atoms with Gasteiger partial charge in [-0.05, 0) is 43.8 Å². The third kappa shape index (κ3) is 3.84. The maximum atomic E-state index is 3.61. The van der Waals surface area contributed by atoms with E-state index in [0.29, 0.717) is 6.04 Å². The third-order valence-corrected chi connectivity index (χ3v) is 4.70. The molecule has 0 radical (unpaired) electrons. The maximum Gasteiger partial charge on any atom is 0.0396 e. The number of nitrogens with zero attached hydrogens (tertiary/aromatic N) is 1. The third-order valence-electron chi connectivity index (χ3n) is 3.64. The predicted molar refractivity (Wildman–Crippen MR) is 89.8 cm³/mol. The highest BCUT2D eigenvalue weighted by atomic mass is 32.1. The topological polar surface area (TPSA) is 15.3 Å². The number of para-hydroxylation sites is 1. The number of nitrogens with one attached hydrogen (secondary N) is 1. The molecular weight excluding hydrogens is 264 g/mol. The predicted octanol–water partition coefficient (Wildman–Crippen LogP) is 4.23. The van der Waals surface area contributed by atoms with Gasteiger partial charge < -0.3 is 10.2 Å². The number of rotatable bonds is 7. The largest absolute Gasteiger partial charge is 0.370 e. The first-order valence-electron chi connectivity index (χ1n) is 7.29. The molecular formula is C17H24N2S. The van der Waals surface area contributed by atoms with E-state index < -0.39 is 0 Å². The summed E-state index contributed by atoms with van der Waals surface area (Å²) in [6.07, 6.45) is 0. The Hall–Kier alpha value is -1.32. The SMILES string of the molecule is CCN(CCNC(C)c1cccs1)c1ccccc1C. The van der Waals surface area contributed by atoms with Crippen molar-refractivity contribution in [2.24, 2.45) is 0 Å². The normalized spacial score (nSPS) is 12.3. The van der Waals surface area contributed by atoms with E-state index in [0.717, 1.165) is 19.6 Å². The summed E-state index contributed by atoms with van der Waals surface area (Å²) in [5, 5.41) is 5.75. The van der Waals surface area contributed by atoms with Crippen LogP contribution < -0.4 is 10.2 Å². The van der Waals surface area contributed by atoms with Gasteiger partial charge in [0.25, 0.3) is 0 Å². The molecule has 0 amide bonds. The molecule has 0 bridgehead atoms. The van der Waals surface area contributed by atoms with Gasteiger partial charge in [0.1, 0.15) is 0 Å². The molecule has 1 heterocycles. The van der Waals surface area contributed by atoms with Gasteiger partial charge in [-0.3, -0.25) is 0 Å². The quantitative estimate of drug-likeness (QED) is 0.820. The molecule has 1 aromatic carbocycles. The number of benzene rings is 1. The average Bonchev–Trinajstić information content (AvgIpc) is 2.99.